The zero-order valence-corrected chi connectivity index (χ0v) is 10.8. The number of hydrogen-bond donors (Lipinski definition) is 1. The molecule has 2 N–H and O–H groups in total. The van der Waals surface area contributed by atoms with Crippen molar-refractivity contribution in [3.05, 3.63) is 65.5 Å². The fourth-order valence-corrected chi connectivity index (χ4v) is 1.87. The lowest BCUT2D eigenvalue weighted by Gasteiger charge is -2.23. The van der Waals surface area contributed by atoms with Crippen LogP contribution in [0.1, 0.15) is 18.6 Å². The Bertz CT molecular complexity index is 601. The lowest BCUT2D eigenvalue weighted by molar-refractivity contribution is 0.170. The van der Waals surface area contributed by atoms with Crippen LogP contribution in [-0.4, -0.2) is 6.04 Å². The molecule has 0 saturated carbocycles. The second kappa shape index (κ2) is 5.96. The van der Waals surface area contributed by atoms with E-state index in [-0.39, 0.29) is 5.75 Å². The van der Waals surface area contributed by atoms with Crippen LogP contribution in [0.15, 0.2) is 42.5 Å². The first-order valence-corrected chi connectivity index (χ1v) is 6.10. The van der Waals surface area contributed by atoms with Crippen molar-refractivity contribution in [1.29, 1.82) is 0 Å². The molecule has 2 rings (SSSR count). The van der Waals surface area contributed by atoms with Crippen molar-refractivity contribution in [2.24, 2.45) is 5.73 Å². The van der Waals surface area contributed by atoms with Crippen LogP contribution in [0.5, 0.6) is 5.75 Å². The van der Waals surface area contributed by atoms with Gasteiger partial charge in [-0.1, -0.05) is 18.2 Å². The Morgan fingerprint density at radius 1 is 1.05 bits per heavy atom. The summed E-state index contributed by atoms with van der Waals surface area (Å²) in [4.78, 5) is 0. The van der Waals surface area contributed by atoms with Crippen LogP contribution in [0, 0.1) is 17.5 Å². The molecule has 2 nitrogen and oxygen atoms in total. The maximum absolute atomic E-state index is 13.6. The second-order valence-electron chi connectivity index (χ2n) is 4.50. The Balaban J connectivity index is 2.33. The van der Waals surface area contributed by atoms with Crippen molar-refractivity contribution in [2.75, 3.05) is 0 Å². The first kappa shape index (κ1) is 14.4. The zero-order chi connectivity index (χ0) is 14.7. The molecule has 0 spiro atoms. The molecule has 0 fully saturated rings. The fraction of sp³-hybridized carbons (Fsp3) is 0.200. The molecule has 2 aromatic carbocycles. The predicted molar refractivity (Wildman–Crippen MR) is 69.8 cm³/mol. The van der Waals surface area contributed by atoms with Gasteiger partial charge in [0.25, 0.3) is 0 Å². The number of halogens is 3. The van der Waals surface area contributed by atoms with Crippen molar-refractivity contribution in [2.45, 2.75) is 19.1 Å². The summed E-state index contributed by atoms with van der Waals surface area (Å²) >= 11 is 0. The van der Waals surface area contributed by atoms with Crippen molar-refractivity contribution in [3.63, 3.8) is 0 Å². The number of benzene rings is 2. The average Bonchev–Trinajstić information content (AvgIpc) is 2.40. The van der Waals surface area contributed by atoms with E-state index in [1.54, 1.807) is 13.0 Å². The summed E-state index contributed by atoms with van der Waals surface area (Å²) < 4.78 is 45.4. The van der Waals surface area contributed by atoms with E-state index in [9.17, 15) is 13.2 Å². The highest BCUT2D eigenvalue weighted by Crippen LogP contribution is 2.27. The van der Waals surface area contributed by atoms with Gasteiger partial charge in [0.15, 0.2) is 11.6 Å². The van der Waals surface area contributed by atoms with Crippen LogP contribution < -0.4 is 10.5 Å². The molecule has 0 aliphatic rings. The van der Waals surface area contributed by atoms with Crippen LogP contribution in [-0.2, 0) is 0 Å². The number of rotatable bonds is 4. The van der Waals surface area contributed by atoms with Crippen LogP contribution >= 0.6 is 0 Å². The molecule has 0 aliphatic heterocycles. The summed E-state index contributed by atoms with van der Waals surface area (Å²) in [7, 11) is 0. The molecule has 5 heteroatoms. The van der Waals surface area contributed by atoms with Crippen molar-refractivity contribution < 1.29 is 17.9 Å². The Morgan fingerprint density at radius 3 is 2.40 bits per heavy atom. The normalized spacial score (nSPS) is 13.8. The van der Waals surface area contributed by atoms with Gasteiger partial charge in [0.05, 0.1) is 0 Å². The Kier molecular flexibility index (Phi) is 4.29. The van der Waals surface area contributed by atoms with Gasteiger partial charge in [0, 0.05) is 6.04 Å². The summed E-state index contributed by atoms with van der Waals surface area (Å²) in [6.45, 7) is 1.65. The molecule has 0 aromatic heterocycles. The van der Waals surface area contributed by atoms with E-state index in [0.717, 1.165) is 6.07 Å². The molecule has 0 radical (unpaired) electrons. The molecule has 0 saturated heterocycles. The quantitative estimate of drug-likeness (QED) is 0.929. The van der Waals surface area contributed by atoms with E-state index in [1.807, 2.05) is 0 Å². The topological polar surface area (TPSA) is 35.2 Å². The molecule has 0 aliphatic carbocycles. The summed E-state index contributed by atoms with van der Waals surface area (Å²) in [5, 5.41) is 0. The minimum absolute atomic E-state index is 0.253. The van der Waals surface area contributed by atoms with Crippen molar-refractivity contribution >= 4 is 0 Å². The highest BCUT2D eigenvalue weighted by Gasteiger charge is 2.21. The number of nitrogens with two attached hydrogens (primary N) is 1. The van der Waals surface area contributed by atoms with E-state index in [2.05, 4.69) is 0 Å². The fourth-order valence-electron chi connectivity index (χ4n) is 1.87. The lowest BCUT2D eigenvalue weighted by atomic mass is 10.0. The van der Waals surface area contributed by atoms with E-state index in [1.165, 1.54) is 30.3 Å². The third-order valence-corrected chi connectivity index (χ3v) is 2.82. The van der Waals surface area contributed by atoms with Crippen molar-refractivity contribution in [1.82, 2.24) is 0 Å². The van der Waals surface area contributed by atoms with E-state index in [0.29, 0.717) is 5.56 Å². The smallest absolute Gasteiger partial charge is 0.200 e. The third kappa shape index (κ3) is 3.11. The molecule has 0 bridgehead atoms. The minimum Gasteiger partial charge on any atom is -0.481 e. The molecule has 2 atom stereocenters. The average molecular weight is 281 g/mol. The highest BCUT2D eigenvalue weighted by atomic mass is 19.2. The van der Waals surface area contributed by atoms with E-state index in [4.69, 9.17) is 10.5 Å². The summed E-state index contributed by atoms with van der Waals surface area (Å²) in [6.07, 6.45) is -0.776. The third-order valence-electron chi connectivity index (χ3n) is 2.82. The van der Waals surface area contributed by atoms with Crippen LogP contribution in [0.2, 0.25) is 0 Å². The first-order valence-electron chi connectivity index (χ1n) is 6.10. The maximum Gasteiger partial charge on any atom is 0.200 e. The second-order valence-corrected chi connectivity index (χ2v) is 4.50. The number of hydrogen-bond acceptors (Lipinski definition) is 2. The van der Waals surface area contributed by atoms with Crippen molar-refractivity contribution in [3.8, 4) is 5.75 Å². The highest BCUT2D eigenvalue weighted by molar-refractivity contribution is 5.28. The van der Waals surface area contributed by atoms with Gasteiger partial charge < -0.3 is 10.5 Å². The van der Waals surface area contributed by atoms with Gasteiger partial charge in [-0.25, -0.2) is 8.78 Å². The van der Waals surface area contributed by atoms with Crippen LogP contribution in [0.25, 0.3) is 0 Å². The molecule has 0 heterocycles. The molecule has 0 amide bonds. The van der Waals surface area contributed by atoms with Gasteiger partial charge in [0.2, 0.25) is 5.82 Å². The summed E-state index contributed by atoms with van der Waals surface area (Å²) in [6, 6.07) is 8.75. The van der Waals surface area contributed by atoms with E-state index < -0.39 is 29.6 Å². The van der Waals surface area contributed by atoms with Gasteiger partial charge >= 0.3 is 0 Å². The van der Waals surface area contributed by atoms with Gasteiger partial charge in [-0.2, -0.15) is 4.39 Å². The first-order chi connectivity index (χ1) is 9.49. The Morgan fingerprint density at radius 2 is 1.75 bits per heavy atom. The number of ether oxygens (including phenoxy) is 1. The predicted octanol–water partition coefficient (Wildman–Crippen LogP) is 3.57. The van der Waals surface area contributed by atoms with Gasteiger partial charge in [-0.15, -0.1) is 0 Å². The van der Waals surface area contributed by atoms with Gasteiger partial charge in [-0.05, 0) is 36.8 Å². The largest absolute Gasteiger partial charge is 0.481 e. The molecule has 2 unspecified atom stereocenters. The molecular weight excluding hydrogens is 267 g/mol. The molecule has 2 aromatic rings. The molecule has 20 heavy (non-hydrogen) atoms. The summed E-state index contributed by atoms with van der Waals surface area (Å²) in [5.74, 6) is -2.80. The van der Waals surface area contributed by atoms with Crippen LogP contribution in [0.3, 0.4) is 0 Å². The van der Waals surface area contributed by atoms with E-state index >= 15 is 0 Å². The monoisotopic (exact) mass is 281 g/mol. The zero-order valence-electron chi connectivity index (χ0n) is 10.8. The van der Waals surface area contributed by atoms with Crippen LogP contribution in [0.4, 0.5) is 13.2 Å². The minimum atomic E-state index is -1.09. The van der Waals surface area contributed by atoms with Gasteiger partial charge in [0.1, 0.15) is 11.9 Å². The molecular formula is C15H14F3NO. The maximum atomic E-state index is 13.6. The summed E-state index contributed by atoms with van der Waals surface area (Å²) in [5.41, 5.74) is 6.25. The Labute approximate surface area is 115 Å². The molecule has 106 valence electrons. The Hall–Kier alpha value is -2.01. The van der Waals surface area contributed by atoms with Gasteiger partial charge in [-0.3, -0.25) is 0 Å². The standard InChI is InChI=1S/C15H14F3NO/c1-9(19)15(10-4-2-5-11(16)8-10)20-13-7-3-6-12(17)14(13)18/h2-9,15H,19H2,1H3. The SMILES string of the molecule is CC(N)C(Oc1cccc(F)c1F)c1cccc(F)c1. The lowest BCUT2D eigenvalue weighted by Crippen LogP contribution is -2.29.